The standard InChI is InChI=1S/C51H40N2/c1-51(2)47-33-41(29-31-43(47)44-32-30-42(34-48(44)51)53-49-19-11-9-17-45(49)46-18-10-12-20-50(46)53)52(39-25-21-37(22-26-39)35-13-5-3-6-14-35)40-27-23-38(24-28-40)36-15-7-4-8-16-36/h3-28,30,32-34H,29,31H2,1-2H3. The van der Waals surface area contributed by atoms with Crippen molar-refractivity contribution in [3.05, 3.63) is 204 Å². The molecule has 0 spiro atoms. The summed E-state index contributed by atoms with van der Waals surface area (Å²) < 4.78 is 2.44. The van der Waals surface area contributed by atoms with Gasteiger partial charge in [0.15, 0.2) is 0 Å². The monoisotopic (exact) mass is 680 g/mol. The number of anilines is 2. The zero-order valence-corrected chi connectivity index (χ0v) is 30.1. The van der Waals surface area contributed by atoms with Crippen molar-refractivity contribution in [3.63, 3.8) is 0 Å². The minimum absolute atomic E-state index is 0.148. The predicted octanol–water partition coefficient (Wildman–Crippen LogP) is 13.7. The number of rotatable bonds is 6. The Labute approximate surface area is 311 Å². The summed E-state index contributed by atoms with van der Waals surface area (Å²) in [5.41, 5.74) is 17.9. The Morgan fingerprint density at radius 1 is 0.491 bits per heavy atom. The average molecular weight is 681 g/mol. The summed E-state index contributed by atoms with van der Waals surface area (Å²) in [6.45, 7) is 4.83. The van der Waals surface area contributed by atoms with E-state index in [1.54, 1.807) is 0 Å². The molecule has 10 rings (SSSR count). The minimum atomic E-state index is -0.148. The zero-order chi connectivity index (χ0) is 35.5. The smallest absolute Gasteiger partial charge is 0.0541 e. The summed E-state index contributed by atoms with van der Waals surface area (Å²) in [5, 5.41) is 2.59. The van der Waals surface area contributed by atoms with E-state index in [1.165, 1.54) is 89.1 Å². The van der Waals surface area contributed by atoms with Gasteiger partial charge >= 0.3 is 0 Å². The second-order valence-electron chi connectivity index (χ2n) is 14.9. The number of para-hydroxylation sites is 2. The van der Waals surface area contributed by atoms with Crippen LogP contribution < -0.4 is 4.90 Å². The van der Waals surface area contributed by atoms with Crippen LogP contribution >= 0.6 is 0 Å². The molecule has 2 heteroatoms. The SMILES string of the molecule is CC1(C)C2=C(CCC(N(c3ccc(-c4ccccc4)cc3)c3ccc(-c4ccccc4)cc3)=C2)c2ccc(-n3c4ccccc4c4ccccc43)cc21. The molecular formula is C51H40N2. The first kappa shape index (κ1) is 31.4. The molecule has 0 saturated heterocycles. The van der Waals surface area contributed by atoms with Gasteiger partial charge in [0.05, 0.1) is 11.0 Å². The molecule has 0 fully saturated rings. The topological polar surface area (TPSA) is 8.17 Å². The van der Waals surface area contributed by atoms with Crippen LogP contribution in [0.3, 0.4) is 0 Å². The van der Waals surface area contributed by atoms with Crippen molar-refractivity contribution in [3.8, 4) is 27.9 Å². The van der Waals surface area contributed by atoms with Crippen LogP contribution in [0.2, 0.25) is 0 Å². The fourth-order valence-electron chi connectivity index (χ4n) is 8.87. The molecular weight excluding hydrogens is 641 g/mol. The number of fused-ring (bicyclic) bond motifs is 5. The molecule has 2 aliphatic rings. The molecule has 2 aliphatic carbocycles. The van der Waals surface area contributed by atoms with Crippen LogP contribution in [-0.4, -0.2) is 4.57 Å². The van der Waals surface area contributed by atoms with Gasteiger partial charge in [0, 0.05) is 38.9 Å². The summed E-state index contributed by atoms with van der Waals surface area (Å²) in [4.78, 5) is 2.48. The van der Waals surface area contributed by atoms with Crippen LogP contribution in [0.25, 0.3) is 55.3 Å². The van der Waals surface area contributed by atoms with Crippen molar-refractivity contribution in [2.45, 2.75) is 32.1 Å². The van der Waals surface area contributed by atoms with E-state index < -0.39 is 0 Å². The number of allylic oxidation sites excluding steroid dienone is 4. The van der Waals surface area contributed by atoms with E-state index in [4.69, 9.17) is 0 Å². The van der Waals surface area contributed by atoms with E-state index in [-0.39, 0.29) is 5.41 Å². The molecule has 53 heavy (non-hydrogen) atoms. The van der Waals surface area contributed by atoms with Gasteiger partial charge in [0.25, 0.3) is 0 Å². The summed E-state index contributed by atoms with van der Waals surface area (Å²) in [7, 11) is 0. The third-order valence-electron chi connectivity index (χ3n) is 11.5. The second kappa shape index (κ2) is 12.4. The van der Waals surface area contributed by atoms with Crippen LogP contribution in [0.5, 0.6) is 0 Å². The van der Waals surface area contributed by atoms with E-state index in [9.17, 15) is 0 Å². The highest BCUT2D eigenvalue weighted by atomic mass is 15.1. The van der Waals surface area contributed by atoms with Gasteiger partial charge in [-0.05, 0) is 112 Å². The Morgan fingerprint density at radius 2 is 0.981 bits per heavy atom. The van der Waals surface area contributed by atoms with Gasteiger partial charge < -0.3 is 9.47 Å². The third-order valence-corrected chi connectivity index (χ3v) is 11.5. The minimum Gasteiger partial charge on any atom is -0.314 e. The van der Waals surface area contributed by atoms with Gasteiger partial charge in [-0.15, -0.1) is 0 Å². The fourth-order valence-corrected chi connectivity index (χ4v) is 8.87. The number of aromatic nitrogens is 1. The first-order valence-electron chi connectivity index (χ1n) is 18.7. The maximum Gasteiger partial charge on any atom is 0.0541 e. The number of hydrogen-bond acceptors (Lipinski definition) is 1. The molecule has 0 N–H and O–H groups in total. The summed E-state index contributed by atoms with van der Waals surface area (Å²) in [6, 6.07) is 64.2. The molecule has 0 saturated carbocycles. The molecule has 0 bridgehead atoms. The van der Waals surface area contributed by atoms with Crippen molar-refractivity contribution >= 4 is 38.8 Å². The fraction of sp³-hybridized carbons (Fsp3) is 0.0980. The molecule has 0 aliphatic heterocycles. The van der Waals surface area contributed by atoms with E-state index in [1.807, 2.05) is 0 Å². The van der Waals surface area contributed by atoms with Crippen LogP contribution in [0, 0.1) is 0 Å². The summed E-state index contributed by atoms with van der Waals surface area (Å²) in [6.07, 6.45) is 4.48. The Kier molecular flexibility index (Phi) is 7.33. The zero-order valence-electron chi connectivity index (χ0n) is 30.1. The first-order chi connectivity index (χ1) is 26.0. The lowest BCUT2D eigenvalue weighted by Gasteiger charge is -2.33. The first-order valence-corrected chi connectivity index (χ1v) is 18.7. The normalized spacial score (nSPS) is 14.6. The highest BCUT2D eigenvalue weighted by molar-refractivity contribution is 6.09. The molecule has 0 amide bonds. The highest BCUT2D eigenvalue weighted by Crippen LogP contribution is 2.53. The Hall–Kier alpha value is -6.38. The molecule has 0 atom stereocenters. The van der Waals surface area contributed by atoms with Crippen LogP contribution in [0.4, 0.5) is 11.4 Å². The van der Waals surface area contributed by atoms with Gasteiger partial charge in [0.1, 0.15) is 0 Å². The van der Waals surface area contributed by atoms with E-state index in [0.29, 0.717) is 0 Å². The van der Waals surface area contributed by atoms with Crippen molar-refractivity contribution in [1.82, 2.24) is 4.57 Å². The Morgan fingerprint density at radius 3 is 1.53 bits per heavy atom. The number of benzene rings is 7. The van der Waals surface area contributed by atoms with E-state index >= 15 is 0 Å². The lowest BCUT2D eigenvalue weighted by molar-refractivity contribution is 0.648. The molecule has 1 heterocycles. The molecule has 7 aromatic carbocycles. The molecule has 1 aromatic heterocycles. The average Bonchev–Trinajstić information content (AvgIpc) is 3.67. The van der Waals surface area contributed by atoms with Gasteiger partial charge in [-0.25, -0.2) is 0 Å². The quantitative estimate of drug-likeness (QED) is 0.170. The molecule has 0 radical (unpaired) electrons. The summed E-state index contributed by atoms with van der Waals surface area (Å²) in [5.74, 6) is 0. The van der Waals surface area contributed by atoms with E-state index in [0.717, 1.165) is 12.8 Å². The number of hydrogen-bond donors (Lipinski definition) is 0. The second-order valence-corrected chi connectivity index (χ2v) is 14.9. The molecule has 0 unspecified atom stereocenters. The predicted molar refractivity (Wildman–Crippen MR) is 224 cm³/mol. The molecule has 8 aromatic rings. The van der Waals surface area contributed by atoms with Crippen molar-refractivity contribution < 1.29 is 0 Å². The van der Waals surface area contributed by atoms with Crippen molar-refractivity contribution in [1.29, 1.82) is 0 Å². The maximum absolute atomic E-state index is 2.51. The van der Waals surface area contributed by atoms with Crippen LogP contribution in [-0.2, 0) is 5.41 Å². The molecule has 254 valence electrons. The van der Waals surface area contributed by atoms with Crippen molar-refractivity contribution in [2.75, 3.05) is 4.90 Å². The van der Waals surface area contributed by atoms with E-state index in [2.05, 4.69) is 205 Å². The maximum atomic E-state index is 2.51. The molecule has 2 nitrogen and oxygen atoms in total. The summed E-state index contributed by atoms with van der Waals surface area (Å²) >= 11 is 0. The lowest BCUT2D eigenvalue weighted by Crippen LogP contribution is -2.22. The largest absolute Gasteiger partial charge is 0.314 e. The van der Waals surface area contributed by atoms with Crippen molar-refractivity contribution in [2.24, 2.45) is 0 Å². The van der Waals surface area contributed by atoms with Gasteiger partial charge in [-0.3, -0.25) is 0 Å². The van der Waals surface area contributed by atoms with Crippen LogP contribution in [0.15, 0.2) is 193 Å². The highest BCUT2D eigenvalue weighted by Gasteiger charge is 2.39. The van der Waals surface area contributed by atoms with Crippen LogP contribution in [0.1, 0.15) is 37.8 Å². The number of nitrogens with zero attached hydrogens (tertiary/aromatic N) is 2. The Balaban J connectivity index is 1.06. The lowest BCUT2D eigenvalue weighted by atomic mass is 9.79. The van der Waals surface area contributed by atoms with Gasteiger partial charge in [-0.1, -0.05) is 141 Å². The van der Waals surface area contributed by atoms with Gasteiger partial charge in [0.2, 0.25) is 0 Å². The Bertz CT molecular complexity index is 2570. The third kappa shape index (κ3) is 5.17. The van der Waals surface area contributed by atoms with Gasteiger partial charge in [-0.2, -0.15) is 0 Å².